The fourth-order valence-corrected chi connectivity index (χ4v) is 1.39. The van der Waals surface area contributed by atoms with Gasteiger partial charge in [-0.2, -0.15) is 0 Å². The molecule has 0 spiro atoms. The van der Waals surface area contributed by atoms with Crippen molar-refractivity contribution in [2.75, 3.05) is 23.7 Å². The van der Waals surface area contributed by atoms with Crippen LogP contribution in [-0.2, 0) is 0 Å². The number of anilines is 2. The molecule has 0 aliphatic rings. The second-order valence-electron chi connectivity index (χ2n) is 3.52. The van der Waals surface area contributed by atoms with Crippen LogP contribution in [0, 0.1) is 10.1 Å². The monoisotopic (exact) mass is 265 g/mol. The van der Waals surface area contributed by atoms with Crippen molar-refractivity contribution >= 4 is 17.1 Å². The molecule has 7 heteroatoms. The Labute approximate surface area is 110 Å². The summed E-state index contributed by atoms with van der Waals surface area (Å²) in [7, 11) is 0. The molecule has 19 heavy (non-hydrogen) atoms. The Kier molecular flexibility index (Phi) is 5.74. The third kappa shape index (κ3) is 4.58. The molecule has 0 aliphatic carbocycles. The van der Waals surface area contributed by atoms with E-state index in [1.807, 2.05) is 0 Å². The molecule has 0 aliphatic heterocycles. The Morgan fingerprint density at radius 3 is 2.37 bits per heavy atom. The van der Waals surface area contributed by atoms with Crippen LogP contribution in [-0.4, -0.2) is 28.2 Å². The summed E-state index contributed by atoms with van der Waals surface area (Å²) in [6, 6.07) is 4.66. The highest BCUT2D eigenvalue weighted by atomic mass is 16.6. The van der Waals surface area contributed by atoms with Crippen LogP contribution in [0.4, 0.5) is 17.1 Å². The maximum absolute atomic E-state index is 11.0. The second-order valence-corrected chi connectivity index (χ2v) is 3.52. The molecule has 0 unspecified atom stereocenters. The minimum absolute atomic E-state index is 0.0654. The minimum Gasteiger partial charge on any atom is -0.516 e. The molecular weight excluding hydrogens is 250 g/mol. The van der Waals surface area contributed by atoms with Crippen molar-refractivity contribution in [3.8, 4) is 0 Å². The third-order valence-electron chi connectivity index (χ3n) is 2.24. The van der Waals surface area contributed by atoms with Gasteiger partial charge in [0.2, 0.25) is 0 Å². The van der Waals surface area contributed by atoms with Gasteiger partial charge >= 0.3 is 0 Å². The predicted octanol–water partition coefficient (Wildman–Crippen LogP) is 2.56. The first kappa shape index (κ1) is 14.4. The molecule has 0 heterocycles. The van der Waals surface area contributed by atoms with Crippen LogP contribution in [0.3, 0.4) is 0 Å². The van der Waals surface area contributed by atoms with Gasteiger partial charge < -0.3 is 20.8 Å². The molecule has 0 radical (unpaired) electrons. The van der Waals surface area contributed by atoms with E-state index in [-0.39, 0.29) is 12.2 Å². The summed E-state index contributed by atoms with van der Waals surface area (Å²) in [6.07, 6.45) is 4.68. The highest BCUT2D eigenvalue weighted by molar-refractivity contribution is 5.68. The average Bonchev–Trinajstić information content (AvgIpc) is 2.40. The number of benzene rings is 1. The first-order valence-corrected chi connectivity index (χ1v) is 5.53. The van der Waals surface area contributed by atoms with E-state index < -0.39 is 4.92 Å². The molecule has 0 saturated carbocycles. The lowest BCUT2D eigenvalue weighted by Crippen LogP contribution is -2.04. The number of nitro benzene ring substituents is 1. The molecule has 4 N–H and O–H groups in total. The maximum atomic E-state index is 11.0. The summed E-state index contributed by atoms with van der Waals surface area (Å²) in [4.78, 5) is 10.5. The molecule has 0 amide bonds. The number of hydrogen-bond acceptors (Lipinski definition) is 6. The van der Waals surface area contributed by atoms with Crippen LogP contribution in [0.2, 0.25) is 0 Å². The van der Waals surface area contributed by atoms with Crippen molar-refractivity contribution in [2.24, 2.45) is 0 Å². The number of aliphatic hydroxyl groups is 2. The van der Waals surface area contributed by atoms with Crippen LogP contribution in [0.15, 0.2) is 42.9 Å². The van der Waals surface area contributed by atoms with E-state index in [2.05, 4.69) is 10.6 Å². The van der Waals surface area contributed by atoms with Crippen LogP contribution >= 0.6 is 0 Å². The quantitative estimate of drug-likeness (QED) is 0.343. The van der Waals surface area contributed by atoms with Gasteiger partial charge in [-0.3, -0.25) is 10.1 Å². The van der Waals surface area contributed by atoms with Gasteiger partial charge in [-0.15, -0.1) is 0 Å². The lowest BCUT2D eigenvalue weighted by Gasteiger charge is -2.08. The third-order valence-corrected chi connectivity index (χ3v) is 2.24. The van der Waals surface area contributed by atoms with Crippen LogP contribution in [0.1, 0.15) is 0 Å². The second kappa shape index (κ2) is 7.59. The number of nitro groups is 1. The Bertz CT molecular complexity index is 486. The summed E-state index contributed by atoms with van der Waals surface area (Å²) >= 11 is 0. The van der Waals surface area contributed by atoms with Gasteiger partial charge in [0, 0.05) is 24.8 Å². The van der Waals surface area contributed by atoms with E-state index in [4.69, 9.17) is 10.2 Å². The smallest absolute Gasteiger partial charge is 0.294 e. The van der Waals surface area contributed by atoms with E-state index in [1.54, 1.807) is 12.1 Å². The summed E-state index contributed by atoms with van der Waals surface area (Å²) in [5.41, 5.74) is 0.878. The zero-order valence-electron chi connectivity index (χ0n) is 10.1. The average molecular weight is 265 g/mol. The largest absolute Gasteiger partial charge is 0.516 e. The molecule has 0 fully saturated rings. The van der Waals surface area contributed by atoms with Crippen LogP contribution in [0.5, 0.6) is 0 Å². The molecule has 0 atom stereocenters. The van der Waals surface area contributed by atoms with E-state index >= 15 is 0 Å². The first-order valence-electron chi connectivity index (χ1n) is 5.53. The predicted molar refractivity (Wildman–Crippen MR) is 73.6 cm³/mol. The number of nitrogens with zero attached hydrogens (tertiary/aromatic N) is 1. The molecule has 1 aromatic carbocycles. The van der Waals surface area contributed by atoms with Crippen LogP contribution in [0.25, 0.3) is 0 Å². The molecule has 1 rings (SSSR count). The minimum atomic E-state index is -0.488. The number of hydrogen-bond donors (Lipinski definition) is 4. The number of nitrogens with one attached hydrogen (secondary N) is 2. The van der Waals surface area contributed by atoms with E-state index in [1.165, 1.54) is 18.2 Å². The molecule has 0 bridgehead atoms. The SMILES string of the molecule is O=[N+]([O-])c1cc(NCC=CO)ccc1NCC=CO. The Morgan fingerprint density at radius 2 is 1.79 bits per heavy atom. The Balaban J connectivity index is 2.84. The Morgan fingerprint density at radius 1 is 1.16 bits per heavy atom. The normalized spacial score (nSPS) is 10.9. The highest BCUT2D eigenvalue weighted by Crippen LogP contribution is 2.27. The molecule has 1 aromatic rings. The summed E-state index contributed by atoms with van der Waals surface area (Å²) in [6.45, 7) is 0.658. The van der Waals surface area contributed by atoms with Gasteiger partial charge in [-0.25, -0.2) is 0 Å². The molecule has 0 saturated heterocycles. The summed E-state index contributed by atoms with van der Waals surface area (Å²) < 4.78 is 0. The molecule has 7 nitrogen and oxygen atoms in total. The standard InChI is InChI=1S/C12H15N3O4/c16-7-1-5-13-10-3-4-11(14-6-2-8-17)12(9-10)15(18)19/h1-4,7-9,13-14,16-17H,5-6H2. The lowest BCUT2D eigenvalue weighted by atomic mass is 10.2. The Hall–Kier alpha value is -2.70. The zero-order chi connectivity index (χ0) is 14.1. The van der Waals surface area contributed by atoms with Gasteiger partial charge in [0.05, 0.1) is 17.4 Å². The molecular formula is C12H15N3O4. The van der Waals surface area contributed by atoms with Crippen molar-refractivity contribution in [1.82, 2.24) is 0 Å². The lowest BCUT2D eigenvalue weighted by molar-refractivity contribution is -0.383. The van der Waals surface area contributed by atoms with Crippen molar-refractivity contribution < 1.29 is 15.1 Å². The van der Waals surface area contributed by atoms with Gasteiger partial charge in [0.1, 0.15) is 5.69 Å². The first-order chi connectivity index (χ1) is 9.19. The van der Waals surface area contributed by atoms with Gasteiger partial charge in [-0.1, -0.05) is 0 Å². The summed E-state index contributed by atoms with van der Waals surface area (Å²) in [5.74, 6) is 0. The fourth-order valence-electron chi connectivity index (χ4n) is 1.39. The summed E-state index contributed by atoms with van der Waals surface area (Å²) in [5, 5.41) is 33.7. The highest BCUT2D eigenvalue weighted by Gasteiger charge is 2.13. The van der Waals surface area contributed by atoms with Crippen molar-refractivity contribution in [3.05, 3.63) is 53.0 Å². The zero-order valence-corrected chi connectivity index (χ0v) is 10.1. The van der Waals surface area contributed by atoms with Gasteiger partial charge in [0.25, 0.3) is 5.69 Å². The molecule has 102 valence electrons. The van der Waals surface area contributed by atoms with E-state index in [0.29, 0.717) is 17.9 Å². The number of rotatable bonds is 7. The fraction of sp³-hybridized carbons (Fsp3) is 0.167. The van der Waals surface area contributed by atoms with E-state index in [9.17, 15) is 10.1 Å². The number of aliphatic hydroxyl groups excluding tert-OH is 2. The van der Waals surface area contributed by atoms with Crippen molar-refractivity contribution in [1.29, 1.82) is 0 Å². The topological polar surface area (TPSA) is 108 Å². The molecule has 0 aromatic heterocycles. The van der Waals surface area contributed by atoms with Crippen molar-refractivity contribution in [3.63, 3.8) is 0 Å². The van der Waals surface area contributed by atoms with Crippen molar-refractivity contribution in [2.45, 2.75) is 0 Å². The van der Waals surface area contributed by atoms with Crippen LogP contribution < -0.4 is 10.6 Å². The van der Waals surface area contributed by atoms with E-state index in [0.717, 1.165) is 12.5 Å². The maximum Gasteiger partial charge on any atom is 0.294 e. The van der Waals surface area contributed by atoms with Gasteiger partial charge in [0.15, 0.2) is 0 Å². The van der Waals surface area contributed by atoms with Gasteiger partial charge in [-0.05, 0) is 24.3 Å².